The highest BCUT2D eigenvalue weighted by atomic mass is 16.6. The predicted octanol–water partition coefficient (Wildman–Crippen LogP) is 7.05. The number of hydrogen-bond acceptors (Lipinski definition) is 9. The normalized spacial score (nSPS) is 24.5. The summed E-state index contributed by atoms with van der Waals surface area (Å²) in [6, 6.07) is 25.2. The van der Waals surface area contributed by atoms with E-state index in [0.717, 1.165) is 28.8 Å². The first-order chi connectivity index (χ1) is 28.2. The molecule has 1 aliphatic carbocycles. The van der Waals surface area contributed by atoms with Crippen LogP contribution in [0.2, 0.25) is 0 Å². The standard InChI is InChI=1S/C46H61BN4O8/c1-8-40(47(56-7)59-46(6)29-45(4,5)24-23-39(46)52)49-42(53)37-25-33(58-38-26-36(32-19-13-10-14-20-32)48-35-22-16-15-21-34(35)38)27-51(37)43(54)41(30(2)3)50-44(55)57-28-31-17-11-9-12-18-31/h9-22,26,30,33,36-37,39-41,48,52H,8,23-25,27-29H2,1-7H3,(H,49,53)(H,50,55)/t33-,36?,37+,39?,40+,41+,46+/m1/s1. The van der Waals surface area contributed by atoms with Crippen LogP contribution in [0.4, 0.5) is 10.5 Å². The second-order valence-corrected chi connectivity index (χ2v) is 17.5. The molecule has 1 saturated carbocycles. The van der Waals surface area contributed by atoms with Crippen LogP contribution in [-0.2, 0) is 35.0 Å². The zero-order valence-corrected chi connectivity index (χ0v) is 35.5. The minimum atomic E-state index is -0.985. The molecule has 4 N–H and O–H groups in total. The monoisotopic (exact) mass is 808 g/mol. The summed E-state index contributed by atoms with van der Waals surface area (Å²) in [5, 5.41) is 20.6. The number of anilines is 1. The average molecular weight is 809 g/mol. The number of nitrogens with one attached hydrogen (secondary N) is 3. The largest absolute Gasteiger partial charge is 0.488 e. The van der Waals surface area contributed by atoms with E-state index < -0.39 is 60.9 Å². The summed E-state index contributed by atoms with van der Waals surface area (Å²) in [5.74, 6) is -1.10. The Morgan fingerprint density at radius 1 is 0.966 bits per heavy atom. The highest BCUT2D eigenvalue weighted by Crippen LogP contribution is 2.43. The van der Waals surface area contributed by atoms with Crippen molar-refractivity contribution in [3.63, 3.8) is 0 Å². The van der Waals surface area contributed by atoms with E-state index in [0.29, 0.717) is 25.0 Å². The maximum Gasteiger partial charge on any atom is 0.481 e. The first-order valence-electron chi connectivity index (χ1n) is 21.0. The molecule has 2 fully saturated rings. The third kappa shape index (κ3) is 10.7. The maximum atomic E-state index is 14.7. The van der Waals surface area contributed by atoms with Crippen LogP contribution in [0.1, 0.15) is 96.4 Å². The molecule has 1 saturated heterocycles. The van der Waals surface area contributed by atoms with Gasteiger partial charge in [-0.3, -0.25) is 9.59 Å². The first-order valence-corrected chi connectivity index (χ1v) is 21.0. The molecule has 13 heteroatoms. The summed E-state index contributed by atoms with van der Waals surface area (Å²) in [6.07, 6.45) is 2.79. The van der Waals surface area contributed by atoms with Crippen molar-refractivity contribution in [2.45, 2.75) is 122 Å². The Morgan fingerprint density at radius 3 is 2.32 bits per heavy atom. The smallest absolute Gasteiger partial charge is 0.481 e. The molecule has 2 heterocycles. The molecule has 3 amide bonds. The Hall–Kier alpha value is -4.85. The molecule has 7 atom stereocenters. The van der Waals surface area contributed by atoms with Crippen molar-refractivity contribution in [1.29, 1.82) is 0 Å². The SMILES string of the molecule is CC[C@H](NC(=O)[C@@H]1C[C@@H](OC2=CC(c3ccccc3)Nc3ccccc32)CN1C(=O)[C@@H](NC(=O)OCc1ccccc1)C(C)C)B(OC)O[C@@]1(C)CC(C)(C)CCC1O. The number of fused-ring (bicyclic) bond motifs is 1. The Balaban J connectivity index is 1.25. The number of aliphatic hydroxyl groups is 1. The van der Waals surface area contributed by atoms with E-state index in [1.54, 1.807) is 0 Å². The highest BCUT2D eigenvalue weighted by molar-refractivity contribution is 6.47. The summed E-state index contributed by atoms with van der Waals surface area (Å²) < 4.78 is 24.8. The van der Waals surface area contributed by atoms with Crippen LogP contribution in [0.5, 0.6) is 0 Å². The van der Waals surface area contributed by atoms with E-state index in [2.05, 4.69) is 41.9 Å². The molecule has 6 rings (SSSR count). The third-order valence-corrected chi connectivity index (χ3v) is 11.9. The van der Waals surface area contributed by atoms with Crippen molar-refractivity contribution in [3.05, 3.63) is 108 Å². The van der Waals surface area contributed by atoms with Gasteiger partial charge >= 0.3 is 13.2 Å². The van der Waals surface area contributed by atoms with E-state index in [1.165, 1.54) is 12.0 Å². The van der Waals surface area contributed by atoms with Crippen LogP contribution >= 0.6 is 0 Å². The van der Waals surface area contributed by atoms with Crippen molar-refractivity contribution >= 4 is 36.5 Å². The van der Waals surface area contributed by atoms with Crippen molar-refractivity contribution < 1.29 is 38.3 Å². The van der Waals surface area contributed by atoms with Crippen LogP contribution in [0, 0.1) is 11.3 Å². The van der Waals surface area contributed by atoms with Gasteiger partial charge < -0.3 is 44.7 Å². The van der Waals surface area contributed by atoms with Gasteiger partial charge in [0.25, 0.3) is 0 Å². The zero-order valence-electron chi connectivity index (χ0n) is 35.5. The van der Waals surface area contributed by atoms with Crippen LogP contribution in [0.25, 0.3) is 5.76 Å². The fraction of sp³-hybridized carbons (Fsp3) is 0.500. The Labute approximate surface area is 349 Å². The van der Waals surface area contributed by atoms with Crippen LogP contribution in [0.3, 0.4) is 0 Å². The molecular weight excluding hydrogens is 747 g/mol. The van der Waals surface area contributed by atoms with Crippen molar-refractivity contribution in [2.75, 3.05) is 19.0 Å². The van der Waals surface area contributed by atoms with Crippen LogP contribution in [0.15, 0.2) is 91.0 Å². The van der Waals surface area contributed by atoms with Crippen LogP contribution in [-0.4, -0.2) is 84.5 Å². The van der Waals surface area contributed by atoms with Crippen LogP contribution < -0.4 is 16.0 Å². The lowest BCUT2D eigenvalue weighted by molar-refractivity contribution is -0.141. The maximum absolute atomic E-state index is 14.7. The van der Waals surface area contributed by atoms with Crippen molar-refractivity contribution in [3.8, 4) is 0 Å². The lowest BCUT2D eigenvalue weighted by Gasteiger charge is -2.47. The van der Waals surface area contributed by atoms with Gasteiger partial charge in [-0.2, -0.15) is 0 Å². The number of nitrogens with zero attached hydrogens (tertiary/aromatic N) is 1. The van der Waals surface area contributed by atoms with Gasteiger partial charge in [0.15, 0.2) is 0 Å². The Bertz CT molecular complexity index is 1930. The fourth-order valence-corrected chi connectivity index (χ4v) is 8.67. The van der Waals surface area contributed by atoms with E-state index in [4.69, 9.17) is 18.8 Å². The average Bonchev–Trinajstić information content (AvgIpc) is 3.66. The molecule has 3 aliphatic rings. The quantitative estimate of drug-likeness (QED) is 0.119. The molecule has 3 aromatic rings. The molecule has 0 aromatic heterocycles. The molecule has 316 valence electrons. The number of hydrogen-bond donors (Lipinski definition) is 4. The summed E-state index contributed by atoms with van der Waals surface area (Å²) in [7, 11) is 0.660. The number of alkyl carbamates (subject to hydrolysis) is 1. The van der Waals surface area contributed by atoms with E-state index >= 15 is 0 Å². The number of carbonyl (C=O) groups is 3. The van der Waals surface area contributed by atoms with E-state index in [9.17, 15) is 19.5 Å². The molecular formula is C46H61BN4O8. The topological polar surface area (TPSA) is 148 Å². The molecule has 2 aliphatic heterocycles. The lowest BCUT2D eigenvalue weighted by atomic mass is 9.66. The van der Waals surface area contributed by atoms with Gasteiger partial charge in [-0.05, 0) is 73.3 Å². The number of aliphatic hydroxyl groups excluding tert-OH is 1. The summed E-state index contributed by atoms with van der Waals surface area (Å²) >= 11 is 0. The highest BCUT2D eigenvalue weighted by Gasteiger charge is 2.49. The predicted molar refractivity (Wildman–Crippen MR) is 229 cm³/mol. The van der Waals surface area contributed by atoms with E-state index in [1.807, 2.05) is 107 Å². The first kappa shape index (κ1) is 43.7. The zero-order chi connectivity index (χ0) is 42.3. The number of amides is 3. The Kier molecular flexibility index (Phi) is 14.1. The van der Waals surface area contributed by atoms with Gasteiger partial charge in [0, 0.05) is 24.8 Å². The fourth-order valence-electron chi connectivity index (χ4n) is 8.67. The van der Waals surface area contributed by atoms with Gasteiger partial charge in [0.2, 0.25) is 11.8 Å². The van der Waals surface area contributed by atoms with Gasteiger partial charge in [-0.25, -0.2) is 4.79 Å². The molecule has 2 unspecified atom stereocenters. The molecule has 59 heavy (non-hydrogen) atoms. The van der Waals surface area contributed by atoms with E-state index in [-0.39, 0.29) is 36.9 Å². The summed E-state index contributed by atoms with van der Waals surface area (Å²) in [5.41, 5.74) is 2.73. The number of para-hydroxylation sites is 1. The molecule has 0 bridgehead atoms. The second-order valence-electron chi connectivity index (χ2n) is 17.5. The second kappa shape index (κ2) is 19.0. The third-order valence-electron chi connectivity index (χ3n) is 11.9. The number of benzene rings is 3. The minimum absolute atomic E-state index is 0.0421. The molecule has 3 aromatic carbocycles. The number of ether oxygens (including phenoxy) is 2. The van der Waals surface area contributed by atoms with Gasteiger partial charge in [0.1, 0.15) is 30.6 Å². The van der Waals surface area contributed by atoms with Crippen molar-refractivity contribution in [2.24, 2.45) is 11.3 Å². The van der Waals surface area contributed by atoms with Gasteiger partial charge in [-0.1, -0.05) is 107 Å². The van der Waals surface area contributed by atoms with Gasteiger partial charge in [-0.15, -0.1) is 0 Å². The van der Waals surface area contributed by atoms with Crippen molar-refractivity contribution in [1.82, 2.24) is 15.5 Å². The number of likely N-dealkylation sites (tertiary alicyclic amines) is 1. The minimum Gasteiger partial charge on any atom is -0.488 e. The summed E-state index contributed by atoms with van der Waals surface area (Å²) in [6.45, 7) is 12.0. The molecule has 0 radical (unpaired) electrons. The number of carbonyl (C=O) groups excluding carboxylic acids is 3. The van der Waals surface area contributed by atoms with Gasteiger partial charge in [0.05, 0.1) is 30.2 Å². The number of rotatable bonds is 15. The molecule has 12 nitrogen and oxygen atoms in total. The molecule has 0 spiro atoms. The lowest BCUT2D eigenvalue weighted by Crippen LogP contribution is -2.60. The summed E-state index contributed by atoms with van der Waals surface area (Å²) in [4.78, 5) is 43.9. The Morgan fingerprint density at radius 2 is 1.64 bits per heavy atom.